The molecule has 1 aromatic rings. The molecule has 2 aliphatic heterocycles. The third-order valence-corrected chi connectivity index (χ3v) is 4.42. The number of nitrogens with zero attached hydrogens (tertiary/aromatic N) is 3. The Bertz CT molecular complexity index is 647. The number of allylic oxidation sites excluding steroid dienone is 2. The fourth-order valence-electron chi connectivity index (χ4n) is 2.25. The second-order valence-corrected chi connectivity index (χ2v) is 5.54. The highest BCUT2D eigenvalue weighted by molar-refractivity contribution is 8.04. The van der Waals surface area contributed by atoms with Gasteiger partial charge in [0, 0.05) is 4.91 Å². The quantitative estimate of drug-likeness (QED) is 0.613. The molecule has 19 heavy (non-hydrogen) atoms. The van der Waals surface area contributed by atoms with E-state index in [1.807, 2.05) is 0 Å². The fraction of sp³-hybridized carbons (Fsp3) is 0.273. The van der Waals surface area contributed by atoms with Crippen molar-refractivity contribution in [1.29, 1.82) is 0 Å². The lowest BCUT2D eigenvalue weighted by atomic mass is 9.97. The molecule has 1 aromatic heterocycles. The number of hydrogen-bond donors (Lipinski definition) is 2. The molecule has 2 aliphatic rings. The van der Waals surface area contributed by atoms with Crippen molar-refractivity contribution in [2.45, 2.75) is 19.2 Å². The Hall–Kier alpha value is -2.09. The van der Waals surface area contributed by atoms with Crippen LogP contribution in [-0.2, 0) is 9.59 Å². The van der Waals surface area contributed by atoms with Crippen molar-refractivity contribution < 1.29 is 14.7 Å². The number of aromatic nitrogens is 3. The molecule has 0 unspecified atom stereocenters. The van der Waals surface area contributed by atoms with Crippen LogP contribution in [0.2, 0.25) is 0 Å². The van der Waals surface area contributed by atoms with Gasteiger partial charge in [-0.15, -0.1) is 0 Å². The Morgan fingerprint density at radius 2 is 2.32 bits per heavy atom. The second kappa shape index (κ2) is 3.95. The van der Waals surface area contributed by atoms with E-state index in [2.05, 4.69) is 15.4 Å². The van der Waals surface area contributed by atoms with Gasteiger partial charge in [0.2, 0.25) is 0 Å². The first-order valence-corrected chi connectivity index (χ1v) is 6.41. The number of thioether (sulfide) groups is 1. The first-order chi connectivity index (χ1) is 9.02. The maximum absolute atomic E-state index is 12.1. The van der Waals surface area contributed by atoms with Crippen molar-refractivity contribution in [2.75, 3.05) is 0 Å². The van der Waals surface area contributed by atoms with Gasteiger partial charge < -0.3 is 5.11 Å². The molecule has 8 heteroatoms. The maximum atomic E-state index is 12.1. The maximum Gasteiger partial charge on any atom is 0.353 e. The highest BCUT2D eigenvalue weighted by atomic mass is 32.2. The van der Waals surface area contributed by atoms with E-state index >= 15 is 0 Å². The standard InChI is InChI=1S/C11H10N4O3S/c1-4(6-3-12-14-13-6)7-9(16)15-8(11(17)18)5(2)19-10(7)15/h3,10H,1-2H3,(H,17,18)(H,12,13,14)/b7-4+/t10-/m1/s1. The number of hydrogen-bond acceptors (Lipinski definition) is 5. The molecule has 2 N–H and O–H groups in total. The first kappa shape index (κ1) is 12.0. The molecular weight excluding hydrogens is 268 g/mol. The summed E-state index contributed by atoms with van der Waals surface area (Å²) in [4.78, 5) is 25.3. The lowest BCUT2D eigenvalue weighted by molar-refractivity contribution is -0.141. The van der Waals surface area contributed by atoms with Gasteiger partial charge in [-0.25, -0.2) is 4.79 Å². The Labute approximate surface area is 112 Å². The number of carbonyl (C=O) groups is 2. The Morgan fingerprint density at radius 3 is 2.89 bits per heavy atom. The molecule has 3 rings (SSSR count). The van der Waals surface area contributed by atoms with E-state index < -0.39 is 5.97 Å². The van der Waals surface area contributed by atoms with Crippen LogP contribution in [0.15, 0.2) is 22.4 Å². The van der Waals surface area contributed by atoms with Crippen LogP contribution in [0.1, 0.15) is 19.5 Å². The van der Waals surface area contributed by atoms with Crippen LogP contribution >= 0.6 is 11.8 Å². The molecule has 0 aliphatic carbocycles. The highest BCUT2D eigenvalue weighted by Gasteiger charge is 2.52. The van der Waals surface area contributed by atoms with E-state index in [4.69, 9.17) is 5.11 Å². The molecule has 7 nitrogen and oxygen atoms in total. The van der Waals surface area contributed by atoms with Crippen molar-refractivity contribution in [1.82, 2.24) is 20.3 Å². The van der Waals surface area contributed by atoms with E-state index in [1.54, 1.807) is 13.8 Å². The summed E-state index contributed by atoms with van der Waals surface area (Å²) in [6.45, 7) is 3.50. The molecule has 1 amide bonds. The first-order valence-electron chi connectivity index (χ1n) is 5.53. The number of aromatic amines is 1. The van der Waals surface area contributed by atoms with Gasteiger partial charge in [0.05, 0.1) is 11.8 Å². The molecule has 1 saturated heterocycles. The van der Waals surface area contributed by atoms with Gasteiger partial charge in [-0.05, 0) is 19.4 Å². The van der Waals surface area contributed by atoms with Crippen molar-refractivity contribution in [3.8, 4) is 0 Å². The molecule has 0 saturated carbocycles. The Balaban J connectivity index is 1.99. The number of β-lactam (4-membered cyclic amide) rings is 1. The van der Waals surface area contributed by atoms with Crippen LogP contribution in [0, 0.1) is 0 Å². The number of amides is 1. The lowest BCUT2D eigenvalue weighted by Crippen LogP contribution is -2.51. The largest absolute Gasteiger partial charge is 0.477 e. The van der Waals surface area contributed by atoms with Crippen LogP contribution < -0.4 is 0 Å². The Morgan fingerprint density at radius 1 is 1.58 bits per heavy atom. The van der Waals surface area contributed by atoms with Gasteiger partial charge in [-0.1, -0.05) is 11.8 Å². The SMILES string of the molecule is CC1=C(C(=O)O)N2C(=O)/C(=C(/C)c3cn[nH]n3)[C@H]2S1. The molecule has 0 radical (unpaired) electrons. The van der Waals surface area contributed by atoms with Crippen LogP contribution in [0.5, 0.6) is 0 Å². The second-order valence-electron chi connectivity index (χ2n) is 4.25. The zero-order valence-electron chi connectivity index (χ0n) is 10.2. The average Bonchev–Trinajstić information content (AvgIpc) is 2.95. The van der Waals surface area contributed by atoms with Gasteiger partial charge >= 0.3 is 5.97 Å². The minimum atomic E-state index is -1.07. The highest BCUT2D eigenvalue weighted by Crippen LogP contribution is 2.50. The average molecular weight is 278 g/mol. The summed E-state index contributed by atoms with van der Waals surface area (Å²) < 4.78 is 0. The predicted molar refractivity (Wildman–Crippen MR) is 67.5 cm³/mol. The van der Waals surface area contributed by atoms with Crippen LogP contribution in [0.25, 0.3) is 5.57 Å². The van der Waals surface area contributed by atoms with Gasteiger partial charge in [-0.2, -0.15) is 15.4 Å². The molecule has 1 fully saturated rings. The summed E-state index contributed by atoms with van der Waals surface area (Å²) in [6.07, 6.45) is 1.54. The summed E-state index contributed by atoms with van der Waals surface area (Å²) >= 11 is 1.38. The number of aliphatic carboxylic acids is 1. The number of rotatable bonds is 2. The molecule has 0 aromatic carbocycles. The molecule has 3 heterocycles. The van der Waals surface area contributed by atoms with E-state index in [-0.39, 0.29) is 17.0 Å². The van der Waals surface area contributed by atoms with Crippen molar-refractivity contribution in [3.63, 3.8) is 0 Å². The van der Waals surface area contributed by atoms with Crippen LogP contribution in [0.4, 0.5) is 0 Å². The third-order valence-electron chi connectivity index (χ3n) is 3.20. The van der Waals surface area contributed by atoms with Gasteiger partial charge in [0.15, 0.2) is 0 Å². The minimum absolute atomic E-state index is 0.0803. The molecule has 1 atom stereocenters. The van der Waals surface area contributed by atoms with Crippen molar-refractivity contribution >= 4 is 29.2 Å². The summed E-state index contributed by atoms with van der Waals surface area (Å²) in [7, 11) is 0. The van der Waals surface area contributed by atoms with Gasteiger partial charge in [0.1, 0.15) is 16.8 Å². The number of carboxylic acids is 1. The molecular formula is C11H10N4O3S. The smallest absolute Gasteiger partial charge is 0.353 e. The van der Waals surface area contributed by atoms with Gasteiger partial charge in [-0.3, -0.25) is 9.69 Å². The van der Waals surface area contributed by atoms with E-state index in [0.717, 1.165) is 5.57 Å². The van der Waals surface area contributed by atoms with Crippen molar-refractivity contribution in [2.24, 2.45) is 0 Å². The fourth-order valence-corrected chi connectivity index (χ4v) is 3.58. The number of H-pyrrole nitrogens is 1. The number of nitrogens with one attached hydrogen (secondary N) is 1. The van der Waals surface area contributed by atoms with Crippen molar-refractivity contribution in [3.05, 3.63) is 28.1 Å². The van der Waals surface area contributed by atoms with Crippen LogP contribution in [-0.4, -0.2) is 42.7 Å². The Kier molecular flexibility index (Phi) is 2.49. The zero-order valence-corrected chi connectivity index (χ0v) is 11.0. The summed E-state index contributed by atoms with van der Waals surface area (Å²) in [5.41, 5.74) is 2.00. The minimum Gasteiger partial charge on any atom is -0.477 e. The van der Waals surface area contributed by atoms with Gasteiger partial charge in [0.25, 0.3) is 5.91 Å². The van der Waals surface area contributed by atoms with E-state index in [9.17, 15) is 9.59 Å². The molecule has 0 bridgehead atoms. The predicted octanol–water partition coefficient (Wildman–Crippen LogP) is 0.809. The molecule has 98 valence electrons. The lowest BCUT2D eigenvalue weighted by Gasteiger charge is -2.38. The molecule has 0 spiro atoms. The summed E-state index contributed by atoms with van der Waals surface area (Å²) in [5, 5.41) is 19.0. The third kappa shape index (κ3) is 1.53. The number of carboxylic acid groups (broad SMARTS) is 1. The summed E-state index contributed by atoms with van der Waals surface area (Å²) in [6, 6.07) is 0. The number of fused-ring (bicyclic) bond motifs is 1. The monoisotopic (exact) mass is 278 g/mol. The summed E-state index contributed by atoms with van der Waals surface area (Å²) in [5.74, 6) is -1.34. The van der Waals surface area contributed by atoms with E-state index in [1.165, 1.54) is 22.9 Å². The zero-order chi connectivity index (χ0) is 13.7. The normalized spacial score (nSPS) is 24.4. The van der Waals surface area contributed by atoms with Crippen LogP contribution in [0.3, 0.4) is 0 Å². The topological polar surface area (TPSA) is 99.2 Å². The van der Waals surface area contributed by atoms with E-state index in [0.29, 0.717) is 16.2 Å². The number of carbonyl (C=O) groups excluding carboxylic acids is 1.